The van der Waals surface area contributed by atoms with Gasteiger partial charge in [-0.05, 0) is 0 Å². The Labute approximate surface area is 43.9 Å². The average Bonchev–Trinajstić information content (AvgIpc) is 1.69. The van der Waals surface area contributed by atoms with Gasteiger partial charge in [-0.25, -0.2) is 5.84 Å². The lowest BCUT2D eigenvalue weighted by molar-refractivity contribution is -0.109. The van der Waals surface area contributed by atoms with Gasteiger partial charge in [-0.3, -0.25) is 10.2 Å². The van der Waals surface area contributed by atoms with Crippen LogP contribution in [0.3, 0.4) is 0 Å². The number of nitrogens with one attached hydrogen (secondary N) is 1. The fraction of sp³-hybridized carbons (Fsp3) is 0.750. The Kier molecular flexibility index (Phi) is 24.9. The van der Waals surface area contributed by atoms with Gasteiger partial charge < -0.3 is 0 Å². The summed E-state index contributed by atoms with van der Waals surface area (Å²) in [5.41, 5.74) is 1.75. The zero-order valence-corrected chi connectivity index (χ0v) is 4.77. The van der Waals surface area contributed by atoms with E-state index in [2.05, 4.69) is 19.7 Å². The Balaban J connectivity index is 0. The van der Waals surface area contributed by atoms with E-state index in [1.807, 2.05) is 0 Å². The molecule has 3 N–H and O–H groups in total. The van der Waals surface area contributed by atoms with Crippen molar-refractivity contribution in [2.24, 2.45) is 5.84 Å². The van der Waals surface area contributed by atoms with Gasteiger partial charge in [0.2, 0.25) is 6.41 Å². The molecule has 0 bridgehead atoms. The van der Waals surface area contributed by atoms with Crippen molar-refractivity contribution in [3.8, 4) is 0 Å². The third-order valence-corrected chi connectivity index (χ3v) is 0.0680. The fourth-order valence-corrected chi connectivity index (χ4v) is 0. The molecule has 0 atom stereocenters. The Bertz CT molecular complexity index is 30.9. The van der Waals surface area contributed by atoms with E-state index in [-0.39, 0.29) is 0 Å². The topological polar surface area (TPSA) is 55.1 Å². The molecule has 0 saturated heterocycles. The minimum atomic E-state index is 0.403. The second kappa shape index (κ2) is 18.0. The first-order valence-corrected chi connectivity index (χ1v) is 2.23. The number of hydrogen-bond acceptors (Lipinski definition) is 2. The van der Waals surface area contributed by atoms with Crippen molar-refractivity contribution in [3.05, 3.63) is 0 Å². The zero-order valence-electron chi connectivity index (χ0n) is 4.77. The predicted octanol–water partition coefficient (Wildman–Crippen LogP) is 0.0224. The predicted molar refractivity (Wildman–Crippen MR) is 29.4 cm³/mol. The summed E-state index contributed by atoms with van der Waals surface area (Å²) < 4.78 is 0. The Hall–Kier alpha value is -0.570. The van der Waals surface area contributed by atoms with Crippen molar-refractivity contribution in [2.45, 2.75) is 20.3 Å². The average molecular weight is 104 g/mol. The number of hydrogen-bond donors (Lipinski definition) is 2. The summed E-state index contributed by atoms with van der Waals surface area (Å²) in [5.74, 6) is 4.41. The van der Waals surface area contributed by atoms with Crippen LogP contribution in [0.1, 0.15) is 20.3 Å². The summed E-state index contributed by atoms with van der Waals surface area (Å²) in [6.45, 7) is 4.25. The first kappa shape index (κ1) is 9.66. The highest BCUT2D eigenvalue weighted by atomic mass is 16.1. The molecule has 0 radical (unpaired) electrons. The molecule has 0 aromatic heterocycles. The molecule has 0 aromatic rings. The summed E-state index contributed by atoms with van der Waals surface area (Å²) in [4.78, 5) is 8.94. The molecule has 0 aliphatic heterocycles. The van der Waals surface area contributed by atoms with Crippen LogP contribution in [0, 0.1) is 0 Å². The lowest BCUT2D eigenvalue weighted by Gasteiger charge is -1.66. The summed E-state index contributed by atoms with van der Waals surface area (Å²) >= 11 is 0. The monoisotopic (exact) mass is 104 g/mol. The summed E-state index contributed by atoms with van der Waals surface area (Å²) in [6, 6.07) is 0. The van der Waals surface area contributed by atoms with Crippen LogP contribution in [0.25, 0.3) is 0 Å². The number of carbonyl (C=O) groups excluding carboxylic acids is 1. The number of amides is 1. The molecule has 3 heteroatoms. The molecule has 0 aliphatic rings. The van der Waals surface area contributed by atoms with E-state index in [1.54, 1.807) is 5.43 Å². The van der Waals surface area contributed by atoms with Gasteiger partial charge in [-0.2, -0.15) is 0 Å². The van der Waals surface area contributed by atoms with Gasteiger partial charge >= 0.3 is 0 Å². The first-order chi connectivity index (χ1) is 3.33. The molecule has 3 nitrogen and oxygen atoms in total. The lowest BCUT2D eigenvalue weighted by Crippen LogP contribution is -2.18. The molecule has 44 valence electrons. The van der Waals surface area contributed by atoms with Crippen LogP contribution in [0.4, 0.5) is 0 Å². The van der Waals surface area contributed by atoms with E-state index in [4.69, 9.17) is 4.79 Å². The molecular weight excluding hydrogens is 92.1 g/mol. The second-order valence-electron chi connectivity index (χ2n) is 0.992. The van der Waals surface area contributed by atoms with Gasteiger partial charge in [-0.1, -0.05) is 20.3 Å². The maximum Gasteiger partial charge on any atom is 0.221 e. The Morgan fingerprint density at radius 3 is 1.86 bits per heavy atom. The number of nitrogens with two attached hydrogens (primary N) is 1. The van der Waals surface area contributed by atoms with Crippen molar-refractivity contribution in [1.82, 2.24) is 5.43 Å². The van der Waals surface area contributed by atoms with Gasteiger partial charge in [0.1, 0.15) is 0 Å². The second-order valence-corrected chi connectivity index (χ2v) is 0.992. The summed E-state index contributed by atoms with van der Waals surface area (Å²) in [5, 5.41) is 0. The summed E-state index contributed by atoms with van der Waals surface area (Å²) in [6.07, 6.45) is 1.65. The van der Waals surface area contributed by atoms with Crippen LogP contribution in [0.15, 0.2) is 0 Å². The normalized spacial score (nSPS) is 5.57. The highest BCUT2D eigenvalue weighted by Crippen LogP contribution is 1.56. The van der Waals surface area contributed by atoms with Gasteiger partial charge in [-0.15, -0.1) is 0 Å². The van der Waals surface area contributed by atoms with Gasteiger partial charge in [0, 0.05) is 0 Å². The van der Waals surface area contributed by atoms with E-state index in [9.17, 15) is 0 Å². The highest BCUT2D eigenvalue weighted by Gasteiger charge is 1.42. The zero-order chi connectivity index (χ0) is 6.12. The van der Waals surface area contributed by atoms with Crippen LogP contribution < -0.4 is 11.3 Å². The first-order valence-electron chi connectivity index (χ1n) is 2.23. The summed E-state index contributed by atoms with van der Waals surface area (Å²) in [7, 11) is 0. The molecule has 0 heterocycles. The van der Waals surface area contributed by atoms with E-state index in [1.165, 1.54) is 6.42 Å². The molecule has 0 rings (SSSR count). The van der Waals surface area contributed by atoms with E-state index in [0.717, 1.165) is 0 Å². The molecule has 0 aromatic carbocycles. The molecule has 0 fully saturated rings. The number of rotatable bonds is 1. The molecule has 0 spiro atoms. The van der Waals surface area contributed by atoms with Gasteiger partial charge in [0.05, 0.1) is 0 Å². The van der Waals surface area contributed by atoms with Gasteiger partial charge in [0.25, 0.3) is 0 Å². The Morgan fingerprint density at radius 1 is 1.71 bits per heavy atom. The maximum absolute atomic E-state index is 8.94. The SMILES string of the molecule is CCC.NNC=O. The smallest absolute Gasteiger partial charge is 0.221 e. The van der Waals surface area contributed by atoms with Crippen LogP contribution in [0.2, 0.25) is 0 Å². The van der Waals surface area contributed by atoms with Crippen LogP contribution in [-0.2, 0) is 4.79 Å². The van der Waals surface area contributed by atoms with Gasteiger partial charge in [0.15, 0.2) is 0 Å². The van der Waals surface area contributed by atoms with E-state index >= 15 is 0 Å². The van der Waals surface area contributed by atoms with Crippen molar-refractivity contribution in [1.29, 1.82) is 0 Å². The lowest BCUT2D eigenvalue weighted by atomic mass is 10.6. The molecule has 0 saturated carbocycles. The standard InChI is InChI=1S/C3H8.CH4N2O/c1-3-2;2-3-1-4/h3H2,1-2H3;1H,2H2,(H,3,4). The minimum Gasteiger partial charge on any atom is -0.297 e. The van der Waals surface area contributed by atoms with Crippen LogP contribution >= 0.6 is 0 Å². The fourth-order valence-electron chi connectivity index (χ4n) is 0. The third-order valence-electron chi connectivity index (χ3n) is 0.0680. The van der Waals surface area contributed by atoms with E-state index in [0.29, 0.717) is 6.41 Å². The minimum absolute atomic E-state index is 0.403. The quantitative estimate of drug-likeness (QED) is 0.213. The van der Waals surface area contributed by atoms with Crippen molar-refractivity contribution in [3.63, 3.8) is 0 Å². The van der Waals surface area contributed by atoms with Crippen molar-refractivity contribution in [2.75, 3.05) is 0 Å². The van der Waals surface area contributed by atoms with Crippen LogP contribution in [0.5, 0.6) is 0 Å². The molecule has 0 unspecified atom stereocenters. The number of carbonyl (C=O) groups is 1. The maximum atomic E-state index is 8.94. The largest absolute Gasteiger partial charge is 0.297 e. The highest BCUT2D eigenvalue weighted by molar-refractivity contribution is 5.44. The third kappa shape index (κ3) is 346. The van der Waals surface area contributed by atoms with Crippen LogP contribution in [-0.4, -0.2) is 6.41 Å². The Morgan fingerprint density at radius 2 is 1.86 bits per heavy atom. The van der Waals surface area contributed by atoms with Crippen molar-refractivity contribution < 1.29 is 4.79 Å². The molecular formula is C4H12N2O. The number of hydrazine groups is 1. The molecule has 0 aliphatic carbocycles. The van der Waals surface area contributed by atoms with Crippen molar-refractivity contribution >= 4 is 6.41 Å². The molecule has 1 amide bonds. The molecule has 7 heavy (non-hydrogen) atoms. The van der Waals surface area contributed by atoms with E-state index < -0.39 is 0 Å².